The number of hydrogen-bond donors (Lipinski definition) is 1. The van der Waals surface area contributed by atoms with Gasteiger partial charge in [-0.15, -0.1) is 0 Å². The number of nitrogens with zero attached hydrogens (tertiary/aromatic N) is 5. The number of rotatable bonds is 5. The summed E-state index contributed by atoms with van der Waals surface area (Å²) in [7, 11) is 0. The van der Waals surface area contributed by atoms with E-state index in [-0.39, 0.29) is 12.5 Å². The van der Waals surface area contributed by atoms with Crippen molar-refractivity contribution in [2.24, 2.45) is 0 Å². The largest absolute Gasteiger partial charge is 0.465 e. The molecule has 0 spiro atoms. The molecule has 2 amide bonds. The molecule has 0 unspecified atom stereocenters. The van der Waals surface area contributed by atoms with Gasteiger partial charge in [0.1, 0.15) is 12.1 Å². The number of fused-ring (bicyclic) bond motifs is 1. The first-order valence-corrected chi connectivity index (χ1v) is 12.6. The van der Waals surface area contributed by atoms with Crippen molar-refractivity contribution in [2.45, 2.75) is 57.9 Å². The number of carbonyl (C=O) groups excluding carboxylic acids is 1. The van der Waals surface area contributed by atoms with Gasteiger partial charge in [0.15, 0.2) is 0 Å². The first-order valence-electron chi connectivity index (χ1n) is 12.2. The summed E-state index contributed by atoms with van der Waals surface area (Å²) in [6.45, 7) is 10.3. The Hall–Kier alpha value is -2.87. The average Bonchev–Trinajstić information content (AvgIpc) is 3.20. The fraction of sp³-hybridized carbons (Fsp3) is 0.538. The van der Waals surface area contributed by atoms with Gasteiger partial charge in [-0.25, -0.2) is 14.8 Å². The molecule has 0 bridgehead atoms. The number of hydrogen-bond acceptors (Lipinski definition) is 5. The molecule has 0 saturated carbocycles. The molecule has 1 saturated heterocycles. The zero-order valence-electron chi connectivity index (χ0n) is 20.9. The molecule has 1 N–H and O–H groups in total. The Morgan fingerprint density at radius 3 is 2.40 bits per heavy atom. The number of anilines is 1. The molecule has 1 fully saturated rings. The Labute approximate surface area is 211 Å². The number of carbonyl (C=O) groups is 2. The molecule has 1 aliphatic carbocycles. The lowest BCUT2D eigenvalue weighted by Crippen LogP contribution is -2.53. The van der Waals surface area contributed by atoms with Crippen molar-refractivity contribution < 1.29 is 14.7 Å². The Kier molecular flexibility index (Phi) is 7.22. The number of amides is 2. The third kappa shape index (κ3) is 5.37. The van der Waals surface area contributed by atoms with Gasteiger partial charge in [0, 0.05) is 54.5 Å². The average molecular weight is 500 g/mol. The first-order chi connectivity index (χ1) is 16.6. The highest BCUT2D eigenvalue weighted by molar-refractivity contribution is 6.30. The fourth-order valence-electron chi connectivity index (χ4n) is 5.08. The second kappa shape index (κ2) is 10.0. The maximum absolute atomic E-state index is 13.8. The van der Waals surface area contributed by atoms with Gasteiger partial charge in [0.2, 0.25) is 5.91 Å². The molecule has 0 radical (unpaired) electrons. The minimum atomic E-state index is -1.04. The molecule has 2 heterocycles. The third-order valence-electron chi connectivity index (χ3n) is 7.12. The molecular formula is C26H34ClN5O3. The minimum Gasteiger partial charge on any atom is -0.465 e. The summed E-state index contributed by atoms with van der Waals surface area (Å²) in [6, 6.07) is 7.12. The highest BCUT2D eigenvalue weighted by Gasteiger charge is 2.36. The summed E-state index contributed by atoms with van der Waals surface area (Å²) in [5.74, 6) is 0.752. The van der Waals surface area contributed by atoms with Crippen LogP contribution >= 0.6 is 11.6 Å². The van der Waals surface area contributed by atoms with Crippen molar-refractivity contribution in [1.29, 1.82) is 0 Å². The van der Waals surface area contributed by atoms with Crippen molar-refractivity contribution in [3.05, 3.63) is 52.4 Å². The zero-order chi connectivity index (χ0) is 25.3. The summed E-state index contributed by atoms with van der Waals surface area (Å²) in [6.07, 6.45) is 2.69. The lowest BCUT2D eigenvalue weighted by molar-refractivity contribution is -0.133. The summed E-state index contributed by atoms with van der Waals surface area (Å²) in [5.41, 5.74) is 2.51. The van der Waals surface area contributed by atoms with Crippen LogP contribution in [0.25, 0.3) is 0 Å². The van der Waals surface area contributed by atoms with E-state index < -0.39 is 17.6 Å². The van der Waals surface area contributed by atoms with E-state index in [9.17, 15) is 14.7 Å². The summed E-state index contributed by atoms with van der Waals surface area (Å²) < 4.78 is 0. The second-order valence-electron chi connectivity index (χ2n) is 10.5. The molecule has 8 nitrogen and oxygen atoms in total. The molecule has 2 aromatic rings. The number of piperazine rings is 1. The maximum Gasteiger partial charge on any atom is 0.407 e. The normalized spacial score (nSPS) is 18.8. The van der Waals surface area contributed by atoms with Crippen LogP contribution in [0.5, 0.6) is 0 Å². The van der Waals surface area contributed by atoms with E-state index in [0.29, 0.717) is 37.1 Å². The topological polar surface area (TPSA) is 89.9 Å². The van der Waals surface area contributed by atoms with Crippen molar-refractivity contribution in [2.75, 3.05) is 37.6 Å². The molecule has 1 aliphatic heterocycles. The standard InChI is InChI=1S/C26H34ClN5O3/c1-17-5-10-21-22(17)23(29-16-28-21)30-11-13-31(14-12-30)24(33)20(18-6-8-19(27)9-7-18)15-32(25(34)35)26(2,3)4/h6-9,16-17,20H,5,10-15H2,1-4H3,(H,34,35)/t17-,20-/m1/s1. The van der Waals surface area contributed by atoms with Crippen molar-refractivity contribution in [3.63, 3.8) is 0 Å². The van der Waals surface area contributed by atoms with Crippen molar-refractivity contribution in [3.8, 4) is 0 Å². The van der Waals surface area contributed by atoms with E-state index in [2.05, 4.69) is 21.8 Å². The molecule has 1 aromatic heterocycles. The van der Waals surface area contributed by atoms with Gasteiger partial charge in [-0.05, 0) is 57.2 Å². The van der Waals surface area contributed by atoms with Crippen LogP contribution in [0, 0.1) is 0 Å². The minimum absolute atomic E-state index is 0.0660. The van der Waals surface area contributed by atoms with Crippen LogP contribution < -0.4 is 4.90 Å². The highest BCUT2D eigenvalue weighted by atomic mass is 35.5. The van der Waals surface area contributed by atoms with Crippen LogP contribution in [0.3, 0.4) is 0 Å². The van der Waals surface area contributed by atoms with Crippen LogP contribution in [-0.2, 0) is 11.2 Å². The SMILES string of the molecule is C[C@@H]1CCc2ncnc(N3CCN(C(=O)[C@H](CN(C(=O)O)C(C)(C)C)c4ccc(Cl)cc4)CC3)c21. The second-order valence-corrected chi connectivity index (χ2v) is 10.9. The molecule has 1 aromatic carbocycles. The van der Waals surface area contributed by atoms with E-state index >= 15 is 0 Å². The number of halogens is 1. The molecule has 2 atom stereocenters. The Bertz CT molecular complexity index is 1080. The van der Waals surface area contributed by atoms with E-state index in [4.69, 9.17) is 11.6 Å². The summed E-state index contributed by atoms with van der Waals surface area (Å²) in [4.78, 5) is 40.3. The molecule has 9 heteroatoms. The third-order valence-corrected chi connectivity index (χ3v) is 7.37. The molecular weight excluding hydrogens is 466 g/mol. The van der Waals surface area contributed by atoms with Gasteiger partial charge in [-0.1, -0.05) is 30.7 Å². The summed E-state index contributed by atoms with van der Waals surface area (Å²) >= 11 is 6.08. The smallest absolute Gasteiger partial charge is 0.407 e. The van der Waals surface area contributed by atoms with Crippen LogP contribution in [-0.4, -0.2) is 75.1 Å². The van der Waals surface area contributed by atoms with Gasteiger partial charge in [0.25, 0.3) is 0 Å². The lowest BCUT2D eigenvalue weighted by Gasteiger charge is -2.40. The number of carboxylic acid groups (broad SMARTS) is 1. The monoisotopic (exact) mass is 499 g/mol. The van der Waals surface area contributed by atoms with Crippen molar-refractivity contribution in [1.82, 2.24) is 19.8 Å². The fourth-order valence-corrected chi connectivity index (χ4v) is 5.20. The van der Waals surface area contributed by atoms with E-state index in [1.54, 1.807) is 18.5 Å². The molecule has 35 heavy (non-hydrogen) atoms. The van der Waals surface area contributed by atoms with Crippen LogP contribution in [0.4, 0.5) is 10.6 Å². The number of aromatic nitrogens is 2. The summed E-state index contributed by atoms with van der Waals surface area (Å²) in [5, 5.41) is 10.4. The quantitative estimate of drug-likeness (QED) is 0.656. The molecule has 2 aliphatic rings. The van der Waals surface area contributed by atoms with Gasteiger partial charge in [0.05, 0.1) is 5.92 Å². The van der Waals surface area contributed by atoms with Crippen LogP contribution in [0.15, 0.2) is 30.6 Å². The van der Waals surface area contributed by atoms with E-state index in [1.165, 1.54) is 10.5 Å². The van der Waals surface area contributed by atoms with Crippen LogP contribution in [0.2, 0.25) is 5.02 Å². The van der Waals surface area contributed by atoms with Gasteiger partial charge < -0.3 is 19.8 Å². The maximum atomic E-state index is 13.8. The molecule has 4 rings (SSSR count). The van der Waals surface area contributed by atoms with E-state index in [1.807, 2.05) is 37.8 Å². The predicted molar refractivity (Wildman–Crippen MR) is 136 cm³/mol. The predicted octanol–water partition coefficient (Wildman–Crippen LogP) is 4.39. The number of benzene rings is 1. The lowest BCUT2D eigenvalue weighted by atomic mass is 9.94. The van der Waals surface area contributed by atoms with Gasteiger partial charge >= 0.3 is 6.09 Å². The van der Waals surface area contributed by atoms with Crippen molar-refractivity contribution >= 4 is 29.4 Å². The Morgan fingerprint density at radius 1 is 1.14 bits per heavy atom. The van der Waals surface area contributed by atoms with Crippen LogP contribution in [0.1, 0.15) is 62.8 Å². The number of aryl methyl sites for hydroxylation is 1. The van der Waals surface area contributed by atoms with E-state index in [0.717, 1.165) is 29.9 Å². The first kappa shape index (κ1) is 25.2. The zero-order valence-corrected chi connectivity index (χ0v) is 21.6. The van der Waals surface area contributed by atoms with Gasteiger partial charge in [-0.2, -0.15) is 0 Å². The Balaban J connectivity index is 1.53. The highest BCUT2D eigenvalue weighted by Crippen LogP contribution is 2.37. The Morgan fingerprint density at radius 2 is 1.80 bits per heavy atom. The van der Waals surface area contributed by atoms with Gasteiger partial charge in [-0.3, -0.25) is 4.79 Å². The molecule has 188 valence electrons.